The van der Waals surface area contributed by atoms with Crippen LogP contribution in [0.3, 0.4) is 0 Å². The van der Waals surface area contributed by atoms with E-state index in [1.54, 1.807) is 44.8 Å². The molecule has 3 aromatic rings. The van der Waals surface area contributed by atoms with E-state index >= 15 is 0 Å². The largest absolute Gasteiger partial charge is 0.508 e. The summed E-state index contributed by atoms with van der Waals surface area (Å²) in [4.78, 5) is 17.4. The van der Waals surface area contributed by atoms with Gasteiger partial charge in [-0.25, -0.2) is 0 Å². The van der Waals surface area contributed by atoms with E-state index in [4.69, 9.17) is 9.47 Å². The van der Waals surface area contributed by atoms with Gasteiger partial charge in [0.05, 0.1) is 19.8 Å². The van der Waals surface area contributed by atoms with Gasteiger partial charge in [0.15, 0.2) is 5.78 Å². The molecule has 0 fully saturated rings. The van der Waals surface area contributed by atoms with Crippen LogP contribution in [0, 0.1) is 0 Å². The zero-order valence-corrected chi connectivity index (χ0v) is 14.9. The number of methoxy groups -OCH3 is 2. The lowest BCUT2D eigenvalue weighted by Crippen LogP contribution is -2.00. The van der Waals surface area contributed by atoms with Crippen molar-refractivity contribution in [2.75, 3.05) is 14.2 Å². The third kappa shape index (κ3) is 2.64. The van der Waals surface area contributed by atoms with Crippen molar-refractivity contribution in [1.29, 1.82) is 0 Å². The number of aromatic nitrogens is 1. The third-order valence-electron chi connectivity index (χ3n) is 4.62. The molecule has 0 atom stereocenters. The van der Waals surface area contributed by atoms with Gasteiger partial charge in [0, 0.05) is 34.7 Å². The Hall–Kier alpha value is -3.60. The number of benzene rings is 2. The molecule has 1 aliphatic carbocycles. The van der Waals surface area contributed by atoms with Crippen LogP contribution in [-0.2, 0) is 0 Å². The van der Waals surface area contributed by atoms with Gasteiger partial charge >= 0.3 is 0 Å². The molecule has 1 N–H and O–H groups in total. The molecule has 2 aromatic carbocycles. The number of ether oxygens (including phenoxy) is 2. The summed E-state index contributed by atoms with van der Waals surface area (Å²) in [6.45, 7) is 0. The maximum absolute atomic E-state index is 13.3. The number of allylic oxidation sites excluding steroid dienone is 1. The average molecular weight is 359 g/mol. The molecule has 5 nitrogen and oxygen atoms in total. The predicted octanol–water partition coefficient (Wildman–Crippen LogP) is 3.96. The van der Waals surface area contributed by atoms with E-state index in [9.17, 15) is 9.90 Å². The summed E-state index contributed by atoms with van der Waals surface area (Å²) in [6, 6.07) is 13.9. The van der Waals surface area contributed by atoms with Crippen LogP contribution in [0.2, 0.25) is 0 Å². The Kier molecular flexibility index (Phi) is 4.12. The SMILES string of the molecule is COc1cccc(OC)c1C1=C(c2cccnc2)C(=O)c2cc(O)ccc21. The molecular formula is C22H17NO4. The fourth-order valence-electron chi connectivity index (χ4n) is 3.46. The molecule has 0 spiro atoms. The molecule has 0 bridgehead atoms. The van der Waals surface area contributed by atoms with Gasteiger partial charge in [-0.15, -0.1) is 0 Å². The molecule has 134 valence electrons. The molecule has 1 heterocycles. The van der Waals surface area contributed by atoms with E-state index in [2.05, 4.69) is 4.98 Å². The standard InChI is InChI=1S/C22H17NO4/c1-26-17-6-3-7-18(27-2)21(17)20-15-9-8-14(24)11-16(15)22(25)19(20)13-5-4-10-23-12-13/h3-12,24H,1-2H3. The smallest absolute Gasteiger partial charge is 0.195 e. The summed E-state index contributed by atoms with van der Waals surface area (Å²) >= 11 is 0. The van der Waals surface area contributed by atoms with E-state index in [-0.39, 0.29) is 11.5 Å². The Bertz CT molecular complexity index is 1050. The Balaban J connectivity index is 2.11. The summed E-state index contributed by atoms with van der Waals surface area (Å²) in [5, 5.41) is 9.90. The number of carbonyl (C=O) groups excluding carboxylic acids is 1. The number of pyridine rings is 1. The molecule has 27 heavy (non-hydrogen) atoms. The van der Waals surface area contributed by atoms with Gasteiger partial charge in [-0.1, -0.05) is 12.1 Å². The van der Waals surface area contributed by atoms with Crippen molar-refractivity contribution in [2.45, 2.75) is 0 Å². The van der Waals surface area contributed by atoms with Crippen molar-refractivity contribution in [1.82, 2.24) is 4.98 Å². The number of hydrogen-bond donors (Lipinski definition) is 1. The van der Waals surface area contributed by atoms with Crippen LogP contribution in [-0.4, -0.2) is 30.1 Å². The van der Waals surface area contributed by atoms with E-state index in [0.29, 0.717) is 39.3 Å². The lowest BCUT2D eigenvalue weighted by atomic mass is 9.93. The maximum Gasteiger partial charge on any atom is 0.195 e. The van der Waals surface area contributed by atoms with E-state index in [1.165, 1.54) is 6.07 Å². The Labute approximate surface area is 156 Å². The zero-order valence-electron chi connectivity index (χ0n) is 14.9. The maximum atomic E-state index is 13.3. The summed E-state index contributed by atoms with van der Waals surface area (Å²) in [7, 11) is 3.16. The highest BCUT2D eigenvalue weighted by atomic mass is 16.5. The lowest BCUT2D eigenvalue weighted by molar-refractivity contribution is 0.105. The predicted molar refractivity (Wildman–Crippen MR) is 102 cm³/mol. The second-order valence-corrected chi connectivity index (χ2v) is 6.09. The first-order chi connectivity index (χ1) is 13.2. The Morgan fingerprint density at radius 1 is 0.889 bits per heavy atom. The van der Waals surface area contributed by atoms with Crippen molar-refractivity contribution < 1.29 is 19.4 Å². The Morgan fingerprint density at radius 3 is 2.26 bits per heavy atom. The van der Waals surface area contributed by atoms with Crippen molar-refractivity contribution in [3.05, 3.63) is 83.2 Å². The van der Waals surface area contributed by atoms with Crippen LogP contribution < -0.4 is 9.47 Å². The molecule has 0 saturated carbocycles. The number of phenols is 1. The minimum absolute atomic E-state index is 0.0425. The zero-order chi connectivity index (χ0) is 19.0. The summed E-state index contributed by atoms with van der Waals surface area (Å²) in [6.07, 6.45) is 3.31. The summed E-state index contributed by atoms with van der Waals surface area (Å²) in [5.74, 6) is 1.07. The molecule has 0 aliphatic heterocycles. The van der Waals surface area contributed by atoms with Crippen molar-refractivity contribution in [3.8, 4) is 17.2 Å². The van der Waals surface area contributed by atoms with Gasteiger partial charge in [0.25, 0.3) is 0 Å². The highest BCUT2D eigenvalue weighted by Crippen LogP contribution is 2.48. The van der Waals surface area contributed by atoms with Crippen LogP contribution in [0.1, 0.15) is 27.0 Å². The number of aromatic hydroxyl groups is 1. The van der Waals surface area contributed by atoms with Gasteiger partial charge < -0.3 is 14.6 Å². The number of carbonyl (C=O) groups is 1. The molecule has 4 rings (SSSR count). The van der Waals surface area contributed by atoms with E-state index in [0.717, 1.165) is 5.56 Å². The fourth-order valence-corrected chi connectivity index (χ4v) is 3.46. The topological polar surface area (TPSA) is 68.7 Å². The van der Waals surface area contributed by atoms with Gasteiger partial charge in [-0.2, -0.15) is 0 Å². The quantitative estimate of drug-likeness (QED) is 0.764. The van der Waals surface area contributed by atoms with Crippen LogP contribution in [0.4, 0.5) is 0 Å². The Morgan fingerprint density at radius 2 is 1.63 bits per heavy atom. The van der Waals surface area contributed by atoms with Gasteiger partial charge in [-0.05, 0) is 42.0 Å². The monoisotopic (exact) mass is 359 g/mol. The lowest BCUT2D eigenvalue weighted by Gasteiger charge is -2.16. The average Bonchev–Trinajstić information content (AvgIpc) is 2.99. The van der Waals surface area contributed by atoms with Gasteiger partial charge in [0.1, 0.15) is 17.2 Å². The molecule has 0 amide bonds. The third-order valence-corrected chi connectivity index (χ3v) is 4.62. The van der Waals surface area contributed by atoms with Crippen LogP contribution in [0.5, 0.6) is 17.2 Å². The normalized spacial score (nSPS) is 12.9. The number of fused-ring (bicyclic) bond motifs is 1. The first-order valence-electron chi connectivity index (χ1n) is 8.39. The van der Waals surface area contributed by atoms with Crippen molar-refractivity contribution in [3.63, 3.8) is 0 Å². The van der Waals surface area contributed by atoms with Gasteiger partial charge in [0.2, 0.25) is 0 Å². The van der Waals surface area contributed by atoms with Crippen molar-refractivity contribution >= 4 is 16.9 Å². The minimum Gasteiger partial charge on any atom is -0.508 e. The molecule has 0 radical (unpaired) electrons. The first-order valence-corrected chi connectivity index (χ1v) is 8.39. The van der Waals surface area contributed by atoms with Gasteiger partial charge in [-0.3, -0.25) is 9.78 Å². The van der Waals surface area contributed by atoms with Crippen molar-refractivity contribution in [2.24, 2.45) is 0 Å². The number of hydrogen-bond acceptors (Lipinski definition) is 5. The molecule has 0 unspecified atom stereocenters. The summed E-state index contributed by atoms with van der Waals surface area (Å²) in [5.41, 5.74) is 3.76. The molecule has 1 aliphatic rings. The highest BCUT2D eigenvalue weighted by molar-refractivity contribution is 6.41. The second-order valence-electron chi connectivity index (χ2n) is 6.09. The van der Waals surface area contributed by atoms with E-state index in [1.807, 2.05) is 24.3 Å². The highest BCUT2D eigenvalue weighted by Gasteiger charge is 2.34. The number of phenolic OH excluding ortho intramolecular Hbond substituents is 1. The molecule has 1 aromatic heterocycles. The first kappa shape index (κ1) is 16.8. The minimum atomic E-state index is -0.170. The van der Waals surface area contributed by atoms with Crippen LogP contribution >= 0.6 is 0 Å². The number of rotatable bonds is 4. The number of Topliss-reactive ketones (excluding diaryl/α,β-unsaturated/α-hetero) is 1. The molecule has 0 saturated heterocycles. The molecule has 5 heteroatoms. The van der Waals surface area contributed by atoms with Crippen LogP contribution in [0.25, 0.3) is 11.1 Å². The van der Waals surface area contributed by atoms with Crippen LogP contribution in [0.15, 0.2) is 60.9 Å². The summed E-state index contributed by atoms with van der Waals surface area (Å²) < 4.78 is 11.1. The number of nitrogens with zero attached hydrogens (tertiary/aromatic N) is 1. The fraction of sp³-hybridized carbons (Fsp3) is 0.0909. The second kappa shape index (κ2) is 6.61. The van der Waals surface area contributed by atoms with E-state index < -0.39 is 0 Å². The number of ketones is 1. The molecular weight excluding hydrogens is 342 g/mol.